The summed E-state index contributed by atoms with van der Waals surface area (Å²) < 4.78 is 58.8. The van der Waals surface area contributed by atoms with Crippen molar-refractivity contribution in [2.24, 2.45) is 0 Å². The van der Waals surface area contributed by atoms with Crippen LogP contribution in [-0.2, 0) is 25.7 Å². The summed E-state index contributed by atoms with van der Waals surface area (Å²) in [7, 11) is 0. The van der Waals surface area contributed by atoms with Gasteiger partial charge in [-0.3, -0.25) is 24.1 Å². The lowest BCUT2D eigenvalue weighted by molar-refractivity contribution is -0.145. The highest BCUT2D eigenvalue weighted by Crippen LogP contribution is 2.26. The zero-order chi connectivity index (χ0) is 28.0. The topological polar surface area (TPSA) is 116 Å². The molecule has 1 unspecified atom stereocenters. The van der Waals surface area contributed by atoms with E-state index in [-0.39, 0.29) is 18.5 Å². The third kappa shape index (κ3) is 7.06. The second-order valence-electron chi connectivity index (χ2n) is 8.66. The van der Waals surface area contributed by atoms with Crippen molar-refractivity contribution in [3.8, 4) is 5.75 Å². The number of Topliss-reactive ketones (excluding diaryl/α,β-unsaturated/α-hetero) is 1. The molecule has 1 fully saturated rings. The summed E-state index contributed by atoms with van der Waals surface area (Å²) in [6, 6.07) is 7.20. The van der Waals surface area contributed by atoms with Gasteiger partial charge in [0.25, 0.3) is 0 Å². The molecular formula is C25H25F4N3O6. The van der Waals surface area contributed by atoms with Crippen molar-refractivity contribution in [1.29, 1.82) is 0 Å². The van der Waals surface area contributed by atoms with Crippen LogP contribution >= 0.6 is 0 Å². The molecule has 2 N–H and O–H groups in total. The first-order valence-corrected chi connectivity index (χ1v) is 11.5. The van der Waals surface area contributed by atoms with Crippen LogP contribution in [0.15, 0.2) is 36.4 Å². The molecule has 38 heavy (non-hydrogen) atoms. The van der Waals surface area contributed by atoms with Crippen molar-refractivity contribution >= 4 is 23.6 Å². The number of carboxylic acids is 1. The Labute approximate surface area is 215 Å². The molecule has 9 nitrogen and oxygen atoms in total. The maximum absolute atomic E-state index is 13.8. The van der Waals surface area contributed by atoms with Gasteiger partial charge in [0.15, 0.2) is 23.2 Å². The Balaban J connectivity index is 1.59. The predicted molar refractivity (Wildman–Crippen MR) is 124 cm³/mol. The van der Waals surface area contributed by atoms with E-state index in [1.165, 1.54) is 4.90 Å². The van der Waals surface area contributed by atoms with Crippen LogP contribution in [0.25, 0.3) is 0 Å². The average molecular weight is 539 g/mol. The van der Waals surface area contributed by atoms with Crippen molar-refractivity contribution in [1.82, 2.24) is 15.1 Å². The lowest BCUT2D eigenvalue weighted by atomic mass is 10.1. The van der Waals surface area contributed by atoms with Crippen molar-refractivity contribution in [3.05, 3.63) is 65.2 Å². The predicted octanol–water partition coefficient (Wildman–Crippen LogP) is 1.88. The molecule has 2 aromatic rings. The number of hydrogen-bond donors (Lipinski definition) is 2. The van der Waals surface area contributed by atoms with E-state index in [0.717, 1.165) is 5.56 Å². The SMILES string of the molecule is C[C@H]1C(=O)N(CC(=O)NC(CC(=O)O)C(=O)COc2c(F)c(F)cc(F)c2F)CCN1Cc1ccccc1. The fraction of sp³-hybridized carbons (Fsp3) is 0.360. The molecule has 204 valence electrons. The van der Waals surface area contributed by atoms with Gasteiger partial charge in [0.2, 0.25) is 23.4 Å². The minimum Gasteiger partial charge on any atom is -0.481 e. The van der Waals surface area contributed by atoms with Crippen LogP contribution in [0.5, 0.6) is 5.75 Å². The van der Waals surface area contributed by atoms with Gasteiger partial charge >= 0.3 is 5.97 Å². The minimum atomic E-state index is -1.88. The summed E-state index contributed by atoms with van der Waals surface area (Å²) >= 11 is 0. The molecule has 13 heteroatoms. The van der Waals surface area contributed by atoms with Crippen molar-refractivity contribution in [2.75, 3.05) is 26.2 Å². The summed E-state index contributed by atoms with van der Waals surface area (Å²) in [5.41, 5.74) is 1.01. The van der Waals surface area contributed by atoms with Gasteiger partial charge in [-0.05, 0) is 12.5 Å². The summed E-state index contributed by atoms with van der Waals surface area (Å²) in [6.07, 6.45) is -0.911. The van der Waals surface area contributed by atoms with Gasteiger partial charge in [-0.1, -0.05) is 30.3 Å². The number of amides is 2. The smallest absolute Gasteiger partial charge is 0.305 e. The third-order valence-electron chi connectivity index (χ3n) is 5.97. The zero-order valence-corrected chi connectivity index (χ0v) is 20.3. The van der Waals surface area contributed by atoms with Gasteiger partial charge in [0.05, 0.1) is 19.0 Å². The van der Waals surface area contributed by atoms with Crippen LogP contribution in [0.2, 0.25) is 0 Å². The van der Waals surface area contributed by atoms with Crippen LogP contribution in [0.4, 0.5) is 17.6 Å². The second kappa shape index (κ2) is 12.5. The maximum atomic E-state index is 13.8. The number of hydrogen-bond acceptors (Lipinski definition) is 6. The molecule has 1 saturated heterocycles. The Morgan fingerprint density at radius 1 is 1.08 bits per heavy atom. The molecule has 0 spiro atoms. The molecule has 1 aliphatic rings. The number of halogens is 4. The monoisotopic (exact) mass is 539 g/mol. The van der Waals surface area contributed by atoms with E-state index in [1.54, 1.807) is 6.92 Å². The van der Waals surface area contributed by atoms with Gasteiger partial charge in [-0.15, -0.1) is 0 Å². The summed E-state index contributed by atoms with van der Waals surface area (Å²) in [6.45, 7) is 1.22. The number of rotatable bonds is 11. The third-order valence-corrected chi connectivity index (χ3v) is 5.97. The minimum absolute atomic E-state index is 0.0452. The molecule has 2 atom stereocenters. The molecule has 0 aromatic heterocycles. The number of benzene rings is 2. The number of carboxylic acid groups (broad SMARTS) is 1. The highest BCUT2D eigenvalue weighted by molar-refractivity contribution is 5.94. The molecule has 1 aliphatic heterocycles. The van der Waals surface area contributed by atoms with Gasteiger partial charge in [-0.25, -0.2) is 8.78 Å². The van der Waals surface area contributed by atoms with Gasteiger partial charge < -0.3 is 20.1 Å². The number of aliphatic carboxylic acids is 1. The number of nitrogens with zero attached hydrogens (tertiary/aromatic N) is 2. The first-order valence-electron chi connectivity index (χ1n) is 11.5. The van der Waals surface area contributed by atoms with Crippen LogP contribution in [0.3, 0.4) is 0 Å². The molecule has 2 amide bonds. The Bertz CT molecular complexity index is 1190. The highest BCUT2D eigenvalue weighted by Gasteiger charge is 2.33. The van der Waals surface area contributed by atoms with E-state index < -0.39 is 78.3 Å². The van der Waals surface area contributed by atoms with Crippen molar-refractivity contribution < 1.29 is 46.6 Å². The van der Waals surface area contributed by atoms with E-state index in [9.17, 15) is 36.7 Å². The van der Waals surface area contributed by atoms with Crippen molar-refractivity contribution in [3.63, 3.8) is 0 Å². The fourth-order valence-electron chi connectivity index (χ4n) is 3.92. The van der Waals surface area contributed by atoms with E-state index in [4.69, 9.17) is 5.11 Å². The van der Waals surface area contributed by atoms with Crippen LogP contribution in [0.1, 0.15) is 18.9 Å². The van der Waals surface area contributed by atoms with Crippen LogP contribution < -0.4 is 10.1 Å². The van der Waals surface area contributed by atoms with E-state index in [2.05, 4.69) is 10.1 Å². The fourth-order valence-corrected chi connectivity index (χ4v) is 3.92. The summed E-state index contributed by atoms with van der Waals surface area (Å²) in [5.74, 6) is -12.6. The molecule has 0 bridgehead atoms. The van der Waals surface area contributed by atoms with E-state index in [1.807, 2.05) is 35.2 Å². The number of ether oxygens (including phenoxy) is 1. The number of nitrogens with one attached hydrogen (secondary N) is 1. The Morgan fingerprint density at radius 3 is 2.32 bits per heavy atom. The number of carbonyl (C=O) groups is 4. The first-order chi connectivity index (χ1) is 18.0. The van der Waals surface area contributed by atoms with Gasteiger partial charge in [-0.2, -0.15) is 8.78 Å². The molecule has 3 rings (SSSR count). The molecule has 2 aromatic carbocycles. The molecule has 0 radical (unpaired) electrons. The zero-order valence-electron chi connectivity index (χ0n) is 20.3. The standard InChI is InChI=1S/C25H25F4N3O6/c1-14-25(37)32(8-7-31(14)11-15-5-3-2-4-6-15)12-20(34)30-18(10-21(35)36)19(33)13-38-24-22(28)16(26)9-17(27)23(24)29/h2-6,9,14,18H,7-8,10-13H2,1H3,(H,30,34)(H,35,36)/t14-,18?/m0/s1. The van der Waals surface area contributed by atoms with Crippen molar-refractivity contribution in [2.45, 2.75) is 32.0 Å². The highest BCUT2D eigenvalue weighted by atomic mass is 19.2. The molecule has 1 heterocycles. The lowest BCUT2D eigenvalue weighted by Crippen LogP contribution is -2.58. The first kappa shape index (κ1) is 28.6. The number of piperazine rings is 1. The maximum Gasteiger partial charge on any atom is 0.305 e. The number of ketones is 1. The van der Waals surface area contributed by atoms with E-state index >= 15 is 0 Å². The lowest BCUT2D eigenvalue weighted by Gasteiger charge is -2.39. The summed E-state index contributed by atoms with van der Waals surface area (Å²) in [4.78, 5) is 52.3. The quantitative estimate of drug-likeness (QED) is 0.331. The largest absolute Gasteiger partial charge is 0.481 e. The molecular weight excluding hydrogens is 514 g/mol. The molecule has 0 aliphatic carbocycles. The Morgan fingerprint density at radius 2 is 1.71 bits per heavy atom. The van der Waals surface area contributed by atoms with Gasteiger partial charge in [0, 0.05) is 25.7 Å². The van der Waals surface area contributed by atoms with Gasteiger partial charge in [0.1, 0.15) is 12.6 Å². The Kier molecular flexibility index (Phi) is 9.40. The average Bonchev–Trinajstić information content (AvgIpc) is 2.87. The van der Waals surface area contributed by atoms with Crippen LogP contribution in [-0.4, -0.2) is 76.8 Å². The Hall–Kier alpha value is -4.00. The molecule has 0 saturated carbocycles. The van der Waals surface area contributed by atoms with E-state index in [0.29, 0.717) is 13.1 Å². The number of carbonyl (C=O) groups excluding carboxylic acids is 3. The summed E-state index contributed by atoms with van der Waals surface area (Å²) in [5, 5.41) is 11.3. The van der Waals surface area contributed by atoms with Crippen LogP contribution in [0, 0.1) is 23.3 Å². The normalized spacial score (nSPS) is 16.7. The second-order valence-corrected chi connectivity index (χ2v) is 8.66.